The number of allylic oxidation sites excluding steroid dienone is 2. The highest BCUT2D eigenvalue weighted by atomic mass is 32.1. The number of hydrogen-bond acceptors (Lipinski definition) is 4. The molecule has 62 valence electrons. The molecule has 0 radical (unpaired) electrons. The first-order valence-electron chi connectivity index (χ1n) is 2.91. The van der Waals surface area contributed by atoms with Crippen molar-refractivity contribution in [2.75, 3.05) is 0 Å². The van der Waals surface area contributed by atoms with E-state index < -0.39 is 4.99 Å². The van der Waals surface area contributed by atoms with Crippen molar-refractivity contribution in [1.29, 1.82) is 0 Å². The van der Waals surface area contributed by atoms with Gasteiger partial charge in [0, 0.05) is 5.57 Å². The van der Waals surface area contributed by atoms with Crippen molar-refractivity contribution < 1.29 is 5.11 Å². The number of aliphatic hydroxyl groups excluding tert-OH is 1. The average molecular weight is 172 g/mol. The third-order valence-corrected chi connectivity index (χ3v) is 1.27. The topological polar surface area (TPSA) is 72.3 Å². The van der Waals surface area contributed by atoms with Gasteiger partial charge in [0.1, 0.15) is 10.8 Å². The van der Waals surface area contributed by atoms with E-state index in [1.54, 1.807) is 0 Å². The van der Waals surface area contributed by atoms with Crippen LogP contribution in [0.4, 0.5) is 0 Å². The summed E-state index contributed by atoms with van der Waals surface area (Å²) in [5.74, 6) is -0.204. The molecule has 3 nitrogen and oxygen atoms in total. The molecule has 0 aromatic heterocycles. The molecule has 0 aliphatic heterocycles. The van der Waals surface area contributed by atoms with Gasteiger partial charge in [-0.1, -0.05) is 25.3 Å². The largest absolute Gasteiger partial charge is 0.508 e. The van der Waals surface area contributed by atoms with Crippen LogP contribution in [0, 0.1) is 0 Å². The lowest BCUT2D eigenvalue weighted by atomic mass is 10.1. The first kappa shape index (κ1) is 10.3. The Morgan fingerprint density at radius 3 is 2.09 bits per heavy atom. The number of rotatable bonds is 3. The maximum atomic E-state index is 8.96. The average Bonchev–Trinajstić information content (AvgIpc) is 1.79. The Hall–Kier alpha value is -0.710. The third kappa shape index (κ3) is 3.27. The summed E-state index contributed by atoms with van der Waals surface area (Å²) >= 11 is 3.84. The standard InChI is InChI=1S/C7H12N2OS/c1-3-4-6(5(2)10)7(8,9)11/h3-4,10-11H,1-2,8-9H2/b6-4+. The van der Waals surface area contributed by atoms with Crippen LogP contribution in [0.2, 0.25) is 0 Å². The predicted octanol–water partition coefficient (Wildman–Crippen LogP) is 0.671. The van der Waals surface area contributed by atoms with Crippen LogP contribution in [-0.4, -0.2) is 10.1 Å². The second kappa shape index (κ2) is 3.61. The van der Waals surface area contributed by atoms with Crippen molar-refractivity contribution in [2.24, 2.45) is 11.5 Å². The summed E-state index contributed by atoms with van der Waals surface area (Å²) < 4.78 is 0. The summed E-state index contributed by atoms with van der Waals surface area (Å²) in [5, 5.41) is 8.96. The van der Waals surface area contributed by atoms with Crippen molar-refractivity contribution in [3.63, 3.8) is 0 Å². The van der Waals surface area contributed by atoms with Crippen LogP contribution in [0.25, 0.3) is 0 Å². The van der Waals surface area contributed by atoms with E-state index in [0.29, 0.717) is 0 Å². The maximum Gasteiger partial charge on any atom is 0.139 e. The Bertz CT molecular complexity index is 203. The Morgan fingerprint density at radius 2 is 2.00 bits per heavy atom. The minimum atomic E-state index is -1.37. The highest BCUT2D eigenvalue weighted by Crippen LogP contribution is 2.17. The first-order valence-corrected chi connectivity index (χ1v) is 3.36. The number of nitrogens with two attached hydrogens (primary N) is 2. The lowest BCUT2D eigenvalue weighted by Gasteiger charge is -2.20. The summed E-state index contributed by atoms with van der Waals surface area (Å²) in [6.07, 6.45) is 2.90. The van der Waals surface area contributed by atoms with Gasteiger partial charge >= 0.3 is 0 Å². The minimum Gasteiger partial charge on any atom is -0.508 e. The summed E-state index contributed by atoms with van der Waals surface area (Å²) in [6, 6.07) is 0. The lowest BCUT2D eigenvalue weighted by Crippen LogP contribution is -2.45. The second-order valence-electron chi connectivity index (χ2n) is 2.09. The van der Waals surface area contributed by atoms with Gasteiger partial charge in [-0.15, -0.1) is 12.6 Å². The monoisotopic (exact) mass is 172 g/mol. The van der Waals surface area contributed by atoms with Crippen molar-refractivity contribution in [2.45, 2.75) is 4.99 Å². The van der Waals surface area contributed by atoms with Crippen molar-refractivity contribution in [1.82, 2.24) is 0 Å². The quantitative estimate of drug-likeness (QED) is 0.219. The molecule has 0 spiro atoms. The van der Waals surface area contributed by atoms with Gasteiger partial charge in [-0.3, -0.25) is 0 Å². The van der Waals surface area contributed by atoms with Gasteiger partial charge in [0.25, 0.3) is 0 Å². The molecule has 4 heteroatoms. The van der Waals surface area contributed by atoms with E-state index in [4.69, 9.17) is 16.6 Å². The second-order valence-corrected chi connectivity index (χ2v) is 2.83. The normalized spacial score (nSPS) is 12.8. The van der Waals surface area contributed by atoms with Crippen molar-refractivity contribution in [3.05, 3.63) is 36.6 Å². The third-order valence-electron chi connectivity index (χ3n) is 1.03. The Kier molecular flexibility index (Phi) is 3.38. The van der Waals surface area contributed by atoms with Crippen LogP contribution in [0.15, 0.2) is 36.6 Å². The molecule has 0 saturated heterocycles. The molecule has 0 fully saturated rings. The van der Waals surface area contributed by atoms with E-state index in [9.17, 15) is 0 Å². The predicted molar refractivity (Wildman–Crippen MR) is 50.1 cm³/mol. The number of thiol groups is 1. The van der Waals surface area contributed by atoms with Crippen LogP contribution in [-0.2, 0) is 0 Å². The molecule has 0 aromatic carbocycles. The fraction of sp³-hybridized carbons (Fsp3) is 0.143. The molecule has 0 rings (SSSR count). The van der Waals surface area contributed by atoms with Gasteiger partial charge in [-0.05, 0) is 0 Å². The van der Waals surface area contributed by atoms with Crippen LogP contribution in [0.3, 0.4) is 0 Å². The summed E-state index contributed by atoms with van der Waals surface area (Å²) in [7, 11) is 0. The zero-order chi connectivity index (χ0) is 9.07. The van der Waals surface area contributed by atoms with E-state index in [-0.39, 0.29) is 11.3 Å². The van der Waals surface area contributed by atoms with Gasteiger partial charge in [0.15, 0.2) is 0 Å². The molecule has 0 heterocycles. The Labute approximate surface area is 71.5 Å². The molecule has 0 unspecified atom stereocenters. The number of aliphatic hydroxyl groups is 1. The molecule has 0 aliphatic rings. The van der Waals surface area contributed by atoms with Gasteiger partial charge in [-0.2, -0.15) is 0 Å². The maximum absolute atomic E-state index is 8.96. The highest BCUT2D eigenvalue weighted by molar-refractivity contribution is 7.82. The molecule has 0 aromatic rings. The van der Waals surface area contributed by atoms with Crippen molar-refractivity contribution >= 4 is 12.6 Å². The zero-order valence-electron chi connectivity index (χ0n) is 6.12. The van der Waals surface area contributed by atoms with Gasteiger partial charge in [0.2, 0.25) is 0 Å². The smallest absolute Gasteiger partial charge is 0.139 e. The molecular weight excluding hydrogens is 160 g/mol. The first-order chi connectivity index (χ1) is 4.89. The van der Waals surface area contributed by atoms with E-state index in [0.717, 1.165) is 0 Å². The highest BCUT2D eigenvalue weighted by Gasteiger charge is 2.20. The van der Waals surface area contributed by atoms with Gasteiger partial charge < -0.3 is 16.6 Å². The molecule has 11 heavy (non-hydrogen) atoms. The molecule has 0 atom stereocenters. The zero-order valence-corrected chi connectivity index (χ0v) is 7.01. The van der Waals surface area contributed by atoms with Crippen LogP contribution < -0.4 is 11.5 Å². The summed E-state index contributed by atoms with van der Waals surface area (Å²) in [6.45, 7) is 6.69. The van der Waals surface area contributed by atoms with Gasteiger partial charge in [-0.25, -0.2) is 0 Å². The van der Waals surface area contributed by atoms with Crippen LogP contribution in [0.1, 0.15) is 0 Å². The van der Waals surface area contributed by atoms with E-state index in [1.165, 1.54) is 12.2 Å². The fourth-order valence-corrected chi connectivity index (χ4v) is 0.782. The molecule has 0 amide bonds. The van der Waals surface area contributed by atoms with E-state index in [2.05, 4.69) is 25.8 Å². The van der Waals surface area contributed by atoms with Crippen molar-refractivity contribution in [3.8, 4) is 0 Å². The molecule has 0 aliphatic carbocycles. The summed E-state index contributed by atoms with van der Waals surface area (Å²) in [5.41, 5.74) is 11.0. The van der Waals surface area contributed by atoms with Gasteiger partial charge in [0.05, 0.1) is 0 Å². The Balaban J connectivity index is 4.77. The molecular formula is C7H12N2OS. The van der Waals surface area contributed by atoms with E-state index >= 15 is 0 Å². The van der Waals surface area contributed by atoms with Crippen LogP contribution >= 0.6 is 12.6 Å². The molecule has 0 bridgehead atoms. The molecule has 5 N–H and O–H groups in total. The number of hydrogen-bond donors (Lipinski definition) is 4. The summed E-state index contributed by atoms with van der Waals surface area (Å²) in [4.78, 5) is -1.37. The lowest BCUT2D eigenvalue weighted by molar-refractivity contribution is 0.414. The minimum absolute atomic E-state index is 0.204. The molecule has 0 saturated carbocycles. The van der Waals surface area contributed by atoms with E-state index in [1.807, 2.05) is 0 Å². The SMILES string of the molecule is C=C/C=C(\C(=C)O)C(N)(N)S. The fourth-order valence-electron chi connectivity index (χ4n) is 0.579. The van der Waals surface area contributed by atoms with Crippen LogP contribution in [0.5, 0.6) is 0 Å². The Morgan fingerprint density at radius 1 is 1.55 bits per heavy atom.